The maximum absolute atomic E-state index is 12.6. The van der Waals surface area contributed by atoms with Crippen LogP contribution in [-0.4, -0.2) is 23.6 Å². The number of amides is 1. The molecule has 25 heavy (non-hydrogen) atoms. The highest BCUT2D eigenvalue weighted by molar-refractivity contribution is 5.91. The van der Waals surface area contributed by atoms with E-state index in [0.717, 1.165) is 31.5 Å². The quantitative estimate of drug-likeness (QED) is 0.871. The molecule has 1 saturated heterocycles. The van der Waals surface area contributed by atoms with Crippen LogP contribution < -0.4 is 10.2 Å². The molecule has 2 N–H and O–H groups in total. The first kappa shape index (κ1) is 17.5. The molecular formula is C18H21F3N3O+. The van der Waals surface area contributed by atoms with E-state index in [9.17, 15) is 18.0 Å². The largest absolute Gasteiger partial charge is 0.416 e. The molecule has 0 spiro atoms. The molecule has 0 radical (unpaired) electrons. The van der Waals surface area contributed by atoms with Crippen molar-refractivity contribution in [2.45, 2.75) is 25.1 Å². The summed E-state index contributed by atoms with van der Waals surface area (Å²) in [5.41, 5.74) is 0.862. The van der Waals surface area contributed by atoms with Gasteiger partial charge in [-0.3, -0.25) is 4.79 Å². The number of nitrogens with zero attached hydrogens (tertiary/aromatic N) is 1. The maximum atomic E-state index is 12.6. The number of carbonyl (C=O) groups is 1. The van der Waals surface area contributed by atoms with Crippen molar-refractivity contribution in [3.8, 4) is 0 Å². The second-order valence-electron chi connectivity index (χ2n) is 6.45. The fourth-order valence-corrected chi connectivity index (χ4v) is 3.47. The Morgan fingerprint density at radius 3 is 2.60 bits per heavy atom. The molecule has 7 heteroatoms. The Bertz CT molecular complexity index is 737. The van der Waals surface area contributed by atoms with Gasteiger partial charge in [0.2, 0.25) is 0 Å². The molecule has 0 aliphatic carbocycles. The Hall–Kier alpha value is -2.28. The van der Waals surface area contributed by atoms with Gasteiger partial charge in [-0.2, -0.15) is 13.2 Å². The van der Waals surface area contributed by atoms with Crippen LogP contribution in [-0.2, 0) is 18.0 Å². The van der Waals surface area contributed by atoms with Gasteiger partial charge in [0.25, 0.3) is 5.91 Å². The highest BCUT2D eigenvalue weighted by atomic mass is 19.4. The molecule has 1 aromatic carbocycles. The van der Waals surface area contributed by atoms with Crippen molar-refractivity contribution in [1.29, 1.82) is 0 Å². The van der Waals surface area contributed by atoms with Gasteiger partial charge >= 0.3 is 6.18 Å². The van der Waals surface area contributed by atoms with E-state index in [0.29, 0.717) is 12.2 Å². The van der Waals surface area contributed by atoms with Crippen molar-refractivity contribution in [2.24, 2.45) is 7.05 Å². The second-order valence-corrected chi connectivity index (χ2v) is 6.45. The van der Waals surface area contributed by atoms with Crippen LogP contribution in [0.3, 0.4) is 0 Å². The van der Waals surface area contributed by atoms with Gasteiger partial charge < -0.3 is 14.8 Å². The average molecular weight is 352 g/mol. The molecule has 0 bridgehead atoms. The molecular weight excluding hydrogens is 331 g/mol. The molecule has 1 aliphatic rings. The lowest BCUT2D eigenvalue weighted by Gasteiger charge is -2.21. The molecule has 2 atom stereocenters. The van der Waals surface area contributed by atoms with Crippen molar-refractivity contribution in [3.63, 3.8) is 0 Å². The van der Waals surface area contributed by atoms with Crippen LogP contribution in [0.4, 0.5) is 18.9 Å². The standard InChI is InChI=1S/C18H20F3N3O/c1-23-10-2-4-15(23)16-5-3-11-24(16)12-17(25)22-14-8-6-13(7-9-14)18(19,20)21/h2,4,6-10,16H,3,5,11-12H2,1H3,(H,22,25)/p+1/t16-/m0/s1. The molecule has 1 amide bonds. The number of halogens is 3. The molecule has 0 saturated carbocycles. The number of carbonyl (C=O) groups excluding carboxylic acids is 1. The van der Waals surface area contributed by atoms with Crippen molar-refractivity contribution < 1.29 is 22.9 Å². The Kier molecular flexibility index (Phi) is 4.85. The van der Waals surface area contributed by atoms with Crippen LogP contribution in [0.25, 0.3) is 0 Å². The van der Waals surface area contributed by atoms with Crippen molar-refractivity contribution in [1.82, 2.24) is 4.57 Å². The molecule has 134 valence electrons. The van der Waals surface area contributed by atoms with E-state index in [1.54, 1.807) is 0 Å². The zero-order valence-corrected chi connectivity index (χ0v) is 13.9. The lowest BCUT2D eigenvalue weighted by molar-refractivity contribution is -0.910. The van der Waals surface area contributed by atoms with E-state index in [1.165, 1.54) is 22.7 Å². The summed E-state index contributed by atoms with van der Waals surface area (Å²) < 4.78 is 39.8. The number of hydrogen-bond donors (Lipinski definition) is 2. The van der Waals surface area contributed by atoms with E-state index in [1.807, 2.05) is 19.3 Å². The fraction of sp³-hybridized carbons (Fsp3) is 0.389. The zero-order chi connectivity index (χ0) is 18.0. The second kappa shape index (κ2) is 6.92. The van der Waals surface area contributed by atoms with Gasteiger partial charge in [-0.05, 0) is 36.4 Å². The third kappa shape index (κ3) is 4.04. The predicted molar refractivity (Wildman–Crippen MR) is 88.2 cm³/mol. The first-order chi connectivity index (χ1) is 11.8. The third-order valence-corrected chi connectivity index (χ3v) is 4.71. The average Bonchev–Trinajstić information content (AvgIpc) is 3.15. The van der Waals surface area contributed by atoms with E-state index in [2.05, 4.69) is 16.0 Å². The van der Waals surface area contributed by atoms with Crippen LogP contribution in [0.1, 0.15) is 30.1 Å². The number of alkyl halides is 3. The Labute approximate surface area is 144 Å². The molecule has 4 nitrogen and oxygen atoms in total. The van der Waals surface area contributed by atoms with E-state index < -0.39 is 11.7 Å². The monoisotopic (exact) mass is 352 g/mol. The van der Waals surface area contributed by atoms with Gasteiger partial charge in [-0.15, -0.1) is 0 Å². The number of likely N-dealkylation sites (tertiary alicyclic amines) is 1. The lowest BCUT2D eigenvalue weighted by atomic mass is 10.1. The van der Waals surface area contributed by atoms with Crippen LogP contribution in [0.2, 0.25) is 0 Å². The molecule has 1 unspecified atom stereocenters. The molecule has 2 aromatic rings. The van der Waals surface area contributed by atoms with Crippen molar-refractivity contribution in [3.05, 3.63) is 53.9 Å². The number of aromatic nitrogens is 1. The zero-order valence-electron chi connectivity index (χ0n) is 13.9. The smallest absolute Gasteiger partial charge is 0.350 e. The summed E-state index contributed by atoms with van der Waals surface area (Å²) in [4.78, 5) is 13.5. The van der Waals surface area contributed by atoms with Crippen LogP contribution >= 0.6 is 0 Å². The topological polar surface area (TPSA) is 38.5 Å². The van der Waals surface area contributed by atoms with Crippen molar-refractivity contribution >= 4 is 11.6 Å². The minimum atomic E-state index is -4.37. The maximum Gasteiger partial charge on any atom is 0.416 e. The van der Waals surface area contributed by atoms with Gasteiger partial charge in [0.15, 0.2) is 6.54 Å². The molecule has 3 rings (SSSR count). The molecule has 2 heterocycles. The molecule has 1 aliphatic heterocycles. The summed E-state index contributed by atoms with van der Waals surface area (Å²) in [6.07, 6.45) is -0.294. The fourth-order valence-electron chi connectivity index (χ4n) is 3.47. The number of nitrogens with one attached hydrogen (secondary N) is 2. The Balaban J connectivity index is 1.61. The summed E-state index contributed by atoms with van der Waals surface area (Å²) in [6.45, 7) is 1.22. The van der Waals surface area contributed by atoms with Gasteiger partial charge in [0.05, 0.1) is 17.8 Å². The predicted octanol–water partition coefficient (Wildman–Crippen LogP) is 2.40. The van der Waals surface area contributed by atoms with Crippen LogP contribution in [0.5, 0.6) is 0 Å². The number of aryl methyl sites for hydroxylation is 1. The summed E-state index contributed by atoms with van der Waals surface area (Å²) in [5.74, 6) is -0.184. The minimum absolute atomic E-state index is 0.184. The minimum Gasteiger partial charge on any atom is -0.350 e. The molecule has 1 fully saturated rings. The van der Waals surface area contributed by atoms with Gasteiger partial charge in [0, 0.05) is 31.8 Å². The van der Waals surface area contributed by atoms with E-state index >= 15 is 0 Å². The number of benzene rings is 1. The first-order valence-electron chi connectivity index (χ1n) is 8.27. The third-order valence-electron chi connectivity index (χ3n) is 4.71. The highest BCUT2D eigenvalue weighted by Crippen LogP contribution is 2.29. The summed E-state index contributed by atoms with van der Waals surface area (Å²) in [6, 6.07) is 8.87. The summed E-state index contributed by atoms with van der Waals surface area (Å²) in [7, 11) is 1.99. The highest BCUT2D eigenvalue weighted by Gasteiger charge is 2.33. The van der Waals surface area contributed by atoms with Crippen LogP contribution in [0, 0.1) is 0 Å². The first-order valence-corrected chi connectivity index (χ1v) is 8.27. The number of quaternary nitrogens is 1. The molecule has 1 aromatic heterocycles. The van der Waals surface area contributed by atoms with Gasteiger partial charge in [-0.1, -0.05) is 0 Å². The number of anilines is 1. The van der Waals surface area contributed by atoms with E-state index in [4.69, 9.17) is 0 Å². The van der Waals surface area contributed by atoms with Gasteiger partial charge in [-0.25, -0.2) is 0 Å². The van der Waals surface area contributed by atoms with Crippen molar-refractivity contribution in [2.75, 3.05) is 18.4 Å². The van der Waals surface area contributed by atoms with Gasteiger partial charge in [0.1, 0.15) is 6.04 Å². The van der Waals surface area contributed by atoms with Crippen LogP contribution in [0.15, 0.2) is 42.6 Å². The number of hydrogen-bond acceptors (Lipinski definition) is 1. The Morgan fingerprint density at radius 2 is 2.00 bits per heavy atom. The summed E-state index contributed by atoms with van der Waals surface area (Å²) in [5, 5.41) is 2.69. The number of rotatable bonds is 4. The SMILES string of the molecule is Cn1cccc1[C@@H]1CCC[NH+]1CC(=O)Nc1ccc(C(F)(F)F)cc1. The normalized spacial score (nSPS) is 20.6. The summed E-state index contributed by atoms with van der Waals surface area (Å²) >= 11 is 0. The van der Waals surface area contributed by atoms with E-state index in [-0.39, 0.29) is 11.9 Å². The lowest BCUT2D eigenvalue weighted by Crippen LogP contribution is -3.11. The Morgan fingerprint density at radius 1 is 1.28 bits per heavy atom.